The molecule has 0 saturated heterocycles. The maximum atomic E-state index is 4.33. The number of benzene rings is 2. The van der Waals surface area contributed by atoms with Gasteiger partial charge < -0.3 is 4.81 Å². The molecule has 0 spiro atoms. The standard InChI is InChI=1S/C31H50BN2P/c1-20(2)33(21(3)4)32(30-26(11)15-24(9)16-27(30)12)19-35(34(22(5)6)23(7)8)31-28(13)17-25(10)18-29(31)14/h15-18,20-23H,1-14H3. The largest absolute Gasteiger partial charge is 0.343 e. The fraction of sp³-hybridized carbons (Fsp3) is 0.581. The summed E-state index contributed by atoms with van der Waals surface area (Å²) < 4.78 is 2.71. The van der Waals surface area contributed by atoms with Crippen molar-refractivity contribution in [1.82, 2.24) is 9.48 Å². The number of hydrogen-bond acceptors (Lipinski definition) is 2. The van der Waals surface area contributed by atoms with Crippen molar-refractivity contribution in [3.63, 3.8) is 0 Å². The van der Waals surface area contributed by atoms with Crippen molar-refractivity contribution in [2.75, 3.05) is 0 Å². The summed E-state index contributed by atoms with van der Waals surface area (Å²) in [6, 6.07) is 11.1. The van der Waals surface area contributed by atoms with Gasteiger partial charge in [-0.3, -0.25) is 4.67 Å². The number of aryl methyl sites for hydroxylation is 6. The predicted molar refractivity (Wildman–Crippen MR) is 161 cm³/mol. The van der Waals surface area contributed by atoms with Gasteiger partial charge in [-0.2, -0.15) is 0 Å². The third-order valence-electron chi connectivity index (χ3n) is 6.88. The van der Waals surface area contributed by atoms with Gasteiger partial charge in [0.1, 0.15) is 0 Å². The molecule has 2 rings (SSSR count). The molecular weight excluding hydrogens is 442 g/mol. The molecule has 4 heteroatoms. The van der Waals surface area contributed by atoms with E-state index in [1.165, 1.54) is 44.1 Å². The molecule has 0 bridgehead atoms. The molecular formula is C31H50BN2P. The summed E-state index contributed by atoms with van der Waals surface area (Å²) in [5.41, 5.74) is 14.0. The molecule has 0 amide bonds. The predicted octanol–water partition coefficient (Wildman–Crippen LogP) is 7.19. The van der Waals surface area contributed by atoms with E-state index < -0.39 is 7.53 Å². The Hall–Kier alpha value is -1.50. The normalized spacial score (nSPS) is 12.5. The van der Waals surface area contributed by atoms with Crippen LogP contribution in [-0.2, 0) is 0 Å². The van der Waals surface area contributed by atoms with Crippen LogP contribution in [0.3, 0.4) is 0 Å². The highest BCUT2D eigenvalue weighted by atomic mass is 31.1. The minimum Gasteiger partial charge on any atom is -0.323 e. The summed E-state index contributed by atoms with van der Waals surface area (Å²) in [6.07, 6.45) is 0. The van der Waals surface area contributed by atoms with Crippen LogP contribution in [0.25, 0.3) is 0 Å². The molecule has 0 saturated carbocycles. The van der Waals surface area contributed by atoms with E-state index in [2.05, 4.69) is 136 Å². The first-order chi connectivity index (χ1) is 16.2. The Balaban J connectivity index is 3.09. The van der Waals surface area contributed by atoms with Gasteiger partial charge in [0.05, 0.1) is 0 Å². The Kier molecular flexibility index (Phi) is 10.3. The van der Waals surface area contributed by atoms with Gasteiger partial charge in [0.15, 0.2) is 0 Å². The molecule has 0 N–H and O–H groups in total. The summed E-state index contributed by atoms with van der Waals surface area (Å²) in [5.74, 6) is 0. The molecule has 1 atom stereocenters. The second-order valence-electron chi connectivity index (χ2n) is 11.6. The lowest BCUT2D eigenvalue weighted by molar-refractivity contribution is 0.310. The number of hydrogen-bond donors (Lipinski definition) is 0. The lowest BCUT2D eigenvalue weighted by atomic mass is 9.52. The van der Waals surface area contributed by atoms with Gasteiger partial charge in [0, 0.05) is 17.4 Å². The average molecular weight is 493 g/mol. The van der Waals surface area contributed by atoms with Crippen molar-refractivity contribution in [3.05, 3.63) is 57.6 Å². The van der Waals surface area contributed by atoms with Crippen LogP contribution in [0.15, 0.2) is 24.3 Å². The van der Waals surface area contributed by atoms with Gasteiger partial charge in [-0.1, -0.05) is 74.2 Å². The molecule has 192 valence electrons. The van der Waals surface area contributed by atoms with Crippen LogP contribution in [-0.4, -0.2) is 40.5 Å². The summed E-state index contributed by atoms with van der Waals surface area (Å²) in [4.78, 5) is 2.66. The number of nitrogens with zero attached hydrogens (tertiary/aromatic N) is 2. The van der Waals surface area contributed by atoms with Crippen molar-refractivity contribution in [3.8, 4) is 5.53 Å². The van der Waals surface area contributed by atoms with E-state index in [4.69, 9.17) is 0 Å². The molecule has 0 aromatic heterocycles. The van der Waals surface area contributed by atoms with Crippen molar-refractivity contribution in [2.45, 2.75) is 121 Å². The van der Waals surface area contributed by atoms with Crippen LogP contribution in [0.2, 0.25) is 0 Å². The first-order valence-electron chi connectivity index (χ1n) is 13.4. The highest BCUT2D eigenvalue weighted by Gasteiger charge is 2.32. The molecule has 0 heterocycles. The lowest BCUT2D eigenvalue weighted by Gasteiger charge is -2.37. The Morgan fingerprint density at radius 2 is 0.971 bits per heavy atom. The molecule has 2 nitrogen and oxygen atoms in total. The van der Waals surface area contributed by atoms with E-state index in [0.717, 1.165) is 0 Å². The molecule has 0 aliphatic carbocycles. The Labute approximate surface area is 218 Å². The zero-order chi connectivity index (χ0) is 26.8. The maximum Gasteiger partial charge on any atom is 0.343 e. The van der Waals surface area contributed by atoms with Crippen LogP contribution < -0.4 is 10.8 Å². The lowest BCUT2D eigenvalue weighted by Crippen LogP contribution is -2.55. The molecule has 1 unspecified atom stereocenters. The summed E-state index contributed by atoms with van der Waals surface area (Å²) in [5, 5.41) is 1.48. The zero-order valence-corrected chi connectivity index (χ0v) is 25.9. The van der Waals surface area contributed by atoms with Crippen LogP contribution in [0.4, 0.5) is 0 Å². The monoisotopic (exact) mass is 492 g/mol. The fourth-order valence-electron chi connectivity index (χ4n) is 6.02. The third-order valence-corrected chi connectivity index (χ3v) is 9.89. The molecule has 2 aromatic rings. The van der Waals surface area contributed by atoms with Crippen molar-refractivity contribution in [1.29, 1.82) is 0 Å². The first kappa shape index (κ1) is 29.7. The average Bonchev–Trinajstić information content (AvgIpc) is 2.64. The molecule has 0 radical (unpaired) electrons. The quantitative estimate of drug-likeness (QED) is 0.311. The van der Waals surface area contributed by atoms with E-state index in [-0.39, 0.29) is 6.85 Å². The van der Waals surface area contributed by atoms with Crippen LogP contribution >= 0.6 is 7.53 Å². The van der Waals surface area contributed by atoms with E-state index in [1.54, 1.807) is 0 Å². The maximum absolute atomic E-state index is 4.33. The van der Waals surface area contributed by atoms with Crippen molar-refractivity contribution >= 4 is 25.1 Å². The van der Waals surface area contributed by atoms with Crippen LogP contribution in [0, 0.1) is 47.1 Å². The van der Waals surface area contributed by atoms with Crippen LogP contribution in [0.5, 0.6) is 0 Å². The second kappa shape index (κ2) is 12.2. The molecule has 0 aliphatic heterocycles. The van der Waals surface area contributed by atoms with Gasteiger partial charge in [-0.25, -0.2) is 0 Å². The van der Waals surface area contributed by atoms with Crippen LogP contribution in [0.1, 0.15) is 88.8 Å². The Morgan fingerprint density at radius 1 is 0.600 bits per heavy atom. The summed E-state index contributed by atoms with van der Waals surface area (Å²) in [7, 11) is -0.788. The van der Waals surface area contributed by atoms with Crippen molar-refractivity contribution in [2.24, 2.45) is 0 Å². The smallest absolute Gasteiger partial charge is 0.323 e. The molecule has 0 fully saturated rings. The molecule has 2 aromatic carbocycles. The number of rotatable bonds is 6. The van der Waals surface area contributed by atoms with Gasteiger partial charge in [0.25, 0.3) is 0 Å². The van der Waals surface area contributed by atoms with Gasteiger partial charge in [-0.15, -0.1) is 5.53 Å². The highest BCUT2D eigenvalue weighted by Crippen LogP contribution is 2.34. The zero-order valence-electron chi connectivity index (χ0n) is 25.0. The van der Waals surface area contributed by atoms with E-state index in [0.29, 0.717) is 24.2 Å². The van der Waals surface area contributed by atoms with Crippen molar-refractivity contribution < 1.29 is 0 Å². The molecule has 0 aliphatic rings. The summed E-state index contributed by atoms with van der Waals surface area (Å²) >= 11 is 0. The van der Waals surface area contributed by atoms with E-state index in [1.807, 2.05) is 0 Å². The highest BCUT2D eigenvalue weighted by molar-refractivity contribution is 7.55. The topological polar surface area (TPSA) is 6.48 Å². The molecule has 35 heavy (non-hydrogen) atoms. The fourth-order valence-corrected chi connectivity index (χ4v) is 8.73. The summed E-state index contributed by atoms with van der Waals surface area (Å²) in [6.45, 7) is 32.4. The third kappa shape index (κ3) is 6.84. The van der Waals surface area contributed by atoms with E-state index >= 15 is 0 Å². The Morgan fingerprint density at radius 3 is 1.31 bits per heavy atom. The first-order valence-corrected chi connectivity index (χ1v) is 14.7. The second-order valence-corrected chi connectivity index (χ2v) is 13.4. The van der Waals surface area contributed by atoms with E-state index in [9.17, 15) is 0 Å². The van der Waals surface area contributed by atoms with Gasteiger partial charge >= 0.3 is 6.85 Å². The SMILES string of the molecule is Cc1cc(C)c(B(C#P(c2c(C)cc(C)cc2C)N(C(C)C)C(C)C)N(C(C)C)C(C)C)c(C)c1. The minimum atomic E-state index is -0.788. The van der Waals surface area contributed by atoms with Gasteiger partial charge in [-0.05, 0) is 105 Å². The Bertz CT molecular complexity index is 1060. The van der Waals surface area contributed by atoms with Gasteiger partial charge in [0.2, 0.25) is 0 Å². The minimum absolute atomic E-state index is 0.127.